The fourth-order valence-corrected chi connectivity index (χ4v) is 6.42. The van der Waals surface area contributed by atoms with Crippen LogP contribution in [0.1, 0.15) is 0 Å². The Hall–Kier alpha value is -6.20. The fraction of sp³-hybridized carbons (Fsp3) is 0. The average molecular weight is 576 g/mol. The molecule has 0 amide bonds. The second-order valence-electron chi connectivity index (χ2n) is 11.2. The van der Waals surface area contributed by atoms with Crippen LogP contribution in [0.25, 0.3) is 82.9 Å². The maximum atomic E-state index is 5.08. The van der Waals surface area contributed by atoms with Gasteiger partial charge >= 0.3 is 0 Å². The van der Waals surface area contributed by atoms with Gasteiger partial charge < -0.3 is 0 Å². The van der Waals surface area contributed by atoms with E-state index in [4.69, 9.17) is 9.97 Å². The van der Waals surface area contributed by atoms with E-state index in [-0.39, 0.29) is 0 Å². The van der Waals surface area contributed by atoms with Crippen molar-refractivity contribution in [2.45, 2.75) is 0 Å². The zero-order chi connectivity index (χ0) is 29.7. The van der Waals surface area contributed by atoms with Crippen molar-refractivity contribution in [3.63, 3.8) is 0 Å². The first-order valence-corrected chi connectivity index (χ1v) is 15.0. The molecule has 0 saturated carbocycles. The molecule has 0 spiro atoms. The van der Waals surface area contributed by atoms with Gasteiger partial charge in [-0.15, -0.1) is 0 Å². The first kappa shape index (κ1) is 25.3. The van der Waals surface area contributed by atoms with E-state index in [1.165, 1.54) is 21.5 Å². The molecule has 5 heterocycles. The summed E-state index contributed by atoms with van der Waals surface area (Å²) in [6.07, 6.45) is 7.47. The lowest BCUT2D eigenvalue weighted by Gasteiger charge is -2.12. The van der Waals surface area contributed by atoms with Crippen LogP contribution in [0.4, 0.5) is 0 Å². The van der Waals surface area contributed by atoms with E-state index >= 15 is 0 Å². The van der Waals surface area contributed by atoms with Crippen molar-refractivity contribution in [1.29, 1.82) is 0 Å². The van der Waals surface area contributed by atoms with E-state index < -0.39 is 0 Å². The number of rotatable bonds is 4. The highest BCUT2D eigenvalue weighted by molar-refractivity contribution is 6.09. The third-order valence-electron chi connectivity index (χ3n) is 8.58. The first-order chi connectivity index (χ1) is 22.3. The smallest absolute Gasteiger partial charge is 0.137 e. The summed E-state index contributed by atoms with van der Waals surface area (Å²) >= 11 is 0. The zero-order valence-electron chi connectivity index (χ0n) is 24.2. The predicted molar refractivity (Wildman–Crippen MR) is 183 cm³/mol. The van der Waals surface area contributed by atoms with Crippen LogP contribution in [-0.2, 0) is 0 Å². The maximum absolute atomic E-state index is 5.08. The molecule has 0 fully saturated rings. The summed E-state index contributed by atoms with van der Waals surface area (Å²) in [5, 5.41) is 7.22. The van der Waals surface area contributed by atoms with Crippen molar-refractivity contribution in [1.82, 2.24) is 24.5 Å². The normalized spacial score (nSPS) is 11.6. The summed E-state index contributed by atoms with van der Waals surface area (Å²) in [6.45, 7) is 0. The second-order valence-corrected chi connectivity index (χ2v) is 11.2. The molecule has 45 heavy (non-hydrogen) atoms. The molecular weight excluding hydrogens is 550 g/mol. The minimum atomic E-state index is 0.820. The van der Waals surface area contributed by atoms with Crippen molar-refractivity contribution in [3.8, 4) is 39.6 Å². The molecule has 9 rings (SSSR count). The number of nitrogens with zero attached hydrogens (tertiary/aromatic N) is 5. The SMILES string of the molecule is c1ccc(-c2cc(-c3ccc4c(ccc5ccccc54)c3)cc(-c3ccc(-n4c5ccccc5c5cnccc54)nc3)n2)nc1. The highest BCUT2D eigenvalue weighted by atomic mass is 15.1. The topological polar surface area (TPSA) is 56.5 Å². The molecular formula is C40H25N5. The number of benzene rings is 4. The number of pyridine rings is 4. The van der Waals surface area contributed by atoms with Crippen molar-refractivity contribution in [3.05, 3.63) is 152 Å². The standard InChI is InChI=1S/C40H25N5/c1-2-8-31-26(7-1)12-13-28-21-27(14-16-32(28)31)30-22-36(44-37(23-30)35-10-5-6-19-42-35)29-15-17-40(43-24-29)45-38-11-4-3-9-33(38)34-25-41-20-18-39(34)45/h1-25H. The molecule has 9 aromatic rings. The first-order valence-electron chi connectivity index (χ1n) is 15.0. The minimum Gasteiger partial charge on any atom is -0.294 e. The Kier molecular flexibility index (Phi) is 5.74. The second kappa shape index (κ2) is 10.2. The molecule has 5 aromatic heterocycles. The predicted octanol–water partition coefficient (Wildman–Crippen LogP) is 9.67. The van der Waals surface area contributed by atoms with Gasteiger partial charge in [-0.2, -0.15) is 0 Å². The molecule has 0 aliphatic rings. The third kappa shape index (κ3) is 4.25. The summed E-state index contributed by atoms with van der Waals surface area (Å²) in [5.41, 5.74) is 7.81. The fourth-order valence-electron chi connectivity index (χ4n) is 6.42. The van der Waals surface area contributed by atoms with Gasteiger partial charge in [0.1, 0.15) is 5.82 Å². The van der Waals surface area contributed by atoms with Gasteiger partial charge in [-0.05, 0) is 87.3 Å². The van der Waals surface area contributed by atoms with Gasteiger partial charge in [0.15, 0.2) is 0 Å². The molecule has 5 nitrogen and oxygen atoms in total. The Balaban J connectivity index is 1.18. The van der Waals surface area contributed by atoms with Gasteiger partial charge in [-0.1, -0.05) is 72.8 Å². The van der Waals surface area contributed by atoms with Gasteiger partial charge in [-0.3, -0.25) is 14.5 Å². The van der Waals surface area contributed by atoms with E-state index in [0.29, 0.717) is 0 Å². The van der Waals surface area contributed by atoms with E-state index in [2.05, 4.69) is 118 Å². The largest absolute Gasteiger partial charge is 0.294 e. The third-order valence-corrected chi connectivity index (χ3v) is 8.58. The van der Waals surface area contributed by atoms with Crippen molar-refractivity contribution in [2.24, 2.45) is 0 Å². The van der Waals surface area contributed by atoms with Crippen LogP contribution in [-0.4, -0.2) is 24.5 Å². The lowest BCUT2D eigenvalue weighted by molar-refractivity contribution is 1.08. The Morgan fingerprint density at radius 3 is 2.09 bits per heavy atom. The Morgan fingerprint density at radius 2 is 1.20 bits per heavy atom. The number of para-hydroxylation sites is 1. The Bertz CT molecular complexity index is 2480. The highest BCUT2D eigenvalue weighted by Gasteiger charge is 2.15. The van der Waals surface area contributed by atoms with E-state index in [0.717, 1.165) is 61.4 Å². The molecule has 0 N–H and O–H groups in total. The van der Waals surface area contributed by atoms with Crippen molar-refractivity contribution < 1.29 is 0 Å². The molecule has 0 atom stereocenters. The molecule has 0 aliphatic carbocycles. The van der Waals surface area contributed by atoms with Crippen LogP contribution in [0.15, 0.2) is 152 Å². The monoisotopic (exact) mass is 575 g/mol. The average Bonchev–Trinajstić information content (AvgIpc) is 3.46. The molecule has 0 bridgehead atoms. The number of aromatic nitrogens is 5. The molecule has 4 aromatic carbocycles. The molecule has 0 saturated heterocycles. The summed E-state index contributed by atoms with van der Waals surface area (Å²) in [5.74, 6) is 0.846. The van der Waals surface area contributed by atoms with Gasteiger partial charge in [0.25, 0.3) is 0 Å². The summed E-state index contributed by atoms with van der Waals surface area (Å²) in [4.78, 5) is 19.0. The van der Waals surface area contributed by atoms with Gasteiger partial charge in [-0.25, -0.2) is 9.97 Å². The highest BCUT2D eigenvalue weighted by Crippen LogP contribution is 2.34. The van der Waals surface area contributed by atoms with Crippen molar-refractivity contribution >= 4 is 43.4 Å². The van der Waals surface area contributed by atoms with Crippen LogP contribution < -0.4 is 0 Å². The Labute approximate surface area is 259 Å². The van der Waals surface area contributed by atoms with E-state index in [1.807, 2.05) is 49.1 Å². The lowest BCUT2D eigenvalue weighted by Crippen LogP contribution is -1.98. The van der Waals surface area contributed by atoms with Crippen LogP contribution in [0.3, 0.4) is 0 Å². The van der Waals surface area contributed by atoms with E-state index in [9.17, 15) is 0 Å². The summed E-state index contributed by atoms with van der Waals surface area (Å²) < 4.78 is 2.19. The van der Waals surface area contributed by atoms with Crippen molar-refractivity contribution in [2.75, 3.05) is 0 Å². The number of fused-ring (bicyclic) bond motifs is 6. The van der Waals surface area contributed by atoms with Crippen LogP contribution in [0.5, 0.6) is 0 Å². The molecule has 0 unspecified atom stereocenters. The van der Waals surface area contributed by atoms with Gasteiger partial charge in [0, 0.05) is 41.1 Å². The van der Waals surface area contributed by atoms with E-state index in [1.54, 1.807) is 0 Å². The maximum Gasteiger partial charge on any atom is 0.137 e. The molecule has 0 aliphatic heterocycles. The lowest BCUT2D eigenvalue weighted by atomic mass is 9.96. The van der Waals surface area contributed by atoms with Gasteiger partial charge in [0.05, 0.1) is 28.1 Å². The number of hydrogen-bond donors (Lipinski definition) is 0. The minimum absolute atomic E-state index is 0.820. The number of hydrogen-bond acceptors (Lipinski definition) is 4. The quantitative estimate of drug-likeness (QED) is 0.196. The molecule has 210 valence electrons. The Morgan fingerprint density at radius 1 is 0.422 bits per heavy atom. The van der Waals surface area contributed by atoms with Gasteiger partial charge in [0.2, 0.25) is 0 Å². The molecule has 0 radical (unpaired) electrons. The zero-order valence-corrected chi connectivity index (χ0v) is 24.2. The van der Waals surface area contributed by atoms with Crippen LogP contribution in [0.2, 0.25) is 0 Å². The molecule has 5 heteroatoms. The van der Waals surface area contributed by atoms with Crippen LogP contribution in [0, 0.1) is 0 Å². The summed E-state index contributed by atoms with van der Waals surface area (Å²) in [6, 6.07) is 44.4. The summed E-state index contributed by atoms with van der Waals surface area (Å²) in [7, 11) is 0. The van der Waals surface area contributed by atoms with Crippen LogP contribution >= 0.6 is 0 Å².